The van der Waals surface area contributed by atoms with Gasteiger partial charge in [-0.1, -0.05) is 162 Å². The van der Waals surface area contributed by atoms with Gasteiger partial charge in [0.25, 0.3) is 0 Å². The number of carbonyl (C=O) groups is 3. The van der Waals surface area contributed by atoms with E-state index in [1.807, 2.05) is 18.2 Å². The Balaban J connectivity index is 4.54. The fraction of sp³-hybridized carbons (Fsp3) is 0.533. The molecule has 0 aliphatic heterocycles. The first kappa shape index (κ1) is 47.1. The second kappa shape index (κ2) is 38.9. The van der Waals surface area contributed by atoms with Gasteiger partial charge in [0, 0.05) is 6.42 Å². The van der Waals surface area contributed by atoms with Crippen molar-refractivity contribution in [2.45, 2.75) is 142 Å². The van der Waals surface area contributed by atoms with E-state index in [4.69, 9.17) is 14.2 Å². The van der Waals surface area contributed by atoms with Crippen molar-refractivity contribution >= 4 is 17.9 Å². The van der Waals surface area contributed by atoms with Gasteiger partial charge in [0.1, 0.15) is 13.2 Å². The Hall–Kier alpha value is -3.93. The van der Waals surface area contributed by atoms with Crippen molar-refractivity contribution in [1.82, 2.24) is 0 Å². The minimum Gasteiger partial charge on any atom is -0.462 e. The Bertz CT molecular complexity index is 1130. The van der Waals surface area contributed by atoms with Gasteiger partial charge in [-0.05, 0) is 64.2 Å². The monoisotopic (exact) mass is 705 g/mol. The molecule has 1 unspecified atom stereocenters. The fourth-order valence-electron chi connectivity index (χ4n) is 4.56. The van der Waals surface area contributed by atoms with Crippen molar-refractivity contribution in [3.63, 3.8) is 0 Å². The fourth-order valence-corrected chi connectivity index (χ4v) is 4.56. The van der Waals surface area contributed by atoms with E-state index in [9.17, 15) is 14.4 Å². The van der Waals surface area contributed by atoms with Gasteiger partial charge in [-0.3, -0.25) is 14.4 Å². The first-order chi connectivity index (χ1) is 25.0. The van der Waals surface area contributed by atoms with E-state index in [0.29, 0.717) is 6.42 Å². The lowest BCUT2D eigenvalue weighted by Gasteiger charge is -2.17. The van der Waals surface area contributed by atoms with Crippen LogP contribution >= 0.6 is 0 Å². The van der Waals surface area contributed by atoms with Gasteiger partial charge in [0.2, 0.25) is 0 Å². The Morgan fingerprint density at radius 1 is 0.431 bits per heavy atom. The highest BCUT2D eigenvalue weighted by molar-refractivity contribution is 5.72. The first-order valence-electron chi connectivity index (χ1n) is 19.4. The zero-order valence-corrected chi connectivity index (χ0v) is 32.1. The minimum absolute atomic E-state index is 0.0808. The molecular weight excluding hydrogens is 636 g/mol. The van der Waals surface area contributed by atoms with Gasteiger partial charge in [-0.25, -0.2) is 0 Å². The van der Waals surface area contributed by atoms with Gasteiger partial charge in [-0.2, -0.15) is 0 Å². The van der Waals surface area contributed by atoms with Crippen LogP contribution in [0.1, 0.15) is 136 Å². The molecule has 0 aromatic carbocycles. The Kier molecular flexibility index (Phi) is 35.9. The van der Waals surface area contributed by atoms with Crippen LogP contribution in [0.5, 0.6) is 0 Å². The van der Waals surface area contributed by atoms with E-state index >= 15 is 0 Å². The molecule has 0 aliphatic carbocycles. The third-order valence-corrected chi connectivity index (χ3v) is 7.38. The highest BCUT2D eigenvalue weighted by atomic mass is 16.6. The van der Waals surface area contributed by atoms with Crippen molar-refractivity contribution in [1.29, 1.82) is 0 Å². The molecule has 0 bridgehead atoms. The maximum absolute atomic E-state index is 12.5. The predicted octanol–water partition coefficient (Wildman–Crippen LogP) is 12.1. The molecule has 0 saturated carbocycles. The molecule has 6 nitrogen and oxygen atoms in total. The summed E-state index contributed by atoms with van der Waals surface area (Å²) < 4.78 is 16.3. The smallest absolute Gasteiger partial charge is 0.310 e. The first-order valence-corrected chi connectivity index (χ1v) is 19.4. The molecule has 1 atom stereocenters. The van der Waals surface area contributed by atoms with E-state index in [2.05, 4.69) is 99.8 Å². The summed E-state index contributed by atoms with van der Waals surface area (Å²) >= 11 is 0. The largest absolute Gasteiger partial charge is 0.462 e. The van der Waals surface area contributed by atoms with E-state index in [0.717, 1.165) is 77.0 Å². The molecule has 0 saturated heterocycles. The Labute approximate surface area is 310 Å². The van der Waals surface area contributed by atoms with Crippen molar-refractivity contribution in [3.8, 4) is 0 Å². The van der Waals surface area contributed by atoms with Gasteiger partial charge in [-0.15, -0.1) is 0 Å². The van der Waals surface area contributed by atoms with E-state index < -0.39 is 18.0 Å². The predicted molar refractivity (Wildman–Crippen MR) is 214 cm³/mol. The number of allylic oxidation sites excluding steroid dienone is 16. The molecule has 0 radical (unpaired) electrons. The molecule has 0 aromatic heterocycles. The van der Waals surface area contributed by atoms with Crippen molar-refractivity contribution in [2.24, 2.45) is 0 Å². The Morgan fingerprint density at radius 2 is 0.863 bits per heavy atom. The van der Waals surface area contributed by atoms with Gasteiger partial charge >= 0.3 is 17.9 Å². The highest BCUT2D eigenvalue weighted by Gasteiger charge is 2.19. The van der Waals surface area contributed by atoms with Crippen molar-refractivity contribution in [3.05, 3.63) is 109 Å². The zero-order valence-electron chi connectivity index (χ0n) is 32.1. The second-order valence-electron chi connectivity index (χ2n) is 12.1. The van der Waals surface area contributed by atoms with E-state index in [1.54, 1.807) is 12.2 Å². The molecule has 0 heterocycles. The molecule has 0 amide bonds. The lowest BCUT2D eigenvalue weighted by Crippen LogP contribution is -2.30. The van der Waals surface area contributed by atoms with Gasteiger partial charge in [0.05, 0.1) is 12.8 Å². The normalized spacial score (nSPS) is 13.2. The van der Waals surface area contributed by atoms with Crippen molar-refractivity contribution in [2.75, 3.05) is 13.2 Å². The summed E-state index contributed by atoms with van der Waals surface area (Å²) in [7, 11) is 0. The van der Waals surface area contributed by atoms with Crippen LogP contribution in [0.25, 0.3) is 0 Å². The van der Waals surface area contributed by atoms with E-state index in [1.165, 1.54) is 19.3 Å². The molecule has 6 heteroatoms. The maximum atomic E-state index is 12.5. The average Bonchev–Trinajstić information content (AvgIpc) is 3.12. The maximum Gasteiger partial charge on any atom is 0.310 e. The molecular formula is C45H68O6. The molecule has 51 heavy (non-hydrogen) atoms. The highest BCUT2D eigenvalue weighted by Crippen LogP contribution is 2.11. The zero-order chi connectivity index (χ0) is 37.3. The standard InChI is InChI=1S/C45H68O6/c1-4-7-10-13-16-19-20-21-22-23-24-27-29-32-35-38-44(47)50-41-42(51-45(48)39-36-33-30-26-18-15-12-9-6-3)40-49-43(46)37-34-31-28-25-17-14-11-8-5-2/h7-13,16-20,25-26,31,33-34,36,42H,4-6,14-15,21-24,27-30,32,35,37-41H2,1-3H3/b10-7-,11-8-,12-9-,16-13-,20-19-,25-17-,26-18-,34-31-,36-33-. The molecule has 0 aromatic rings. The number of rotatable bonds is 32. The second-order valence-corrected chi connectivity index (χ2v) is 12.1. The van der Waals surface area contributed by atoms with Crippen LogP contribution in [0.4, 0.5) is 0 Å². The molecule has 0 fully saturated rings. The summed E-state index contributed by atoms with van der Waals surface area (Å²) in [6, 6.07) is 0. The van der Waals surface area contributed by atoms with E-state index in [-0.39, 0.29) is 32.0 Å². The molecule has 0 N–H and O–H groups in total. The number of carbonyl (C=O) groups excluding carboxylic acids is 3. The number of unbranched alkanes of at least 4 members (excludes halogenated alkanes) is 7. The van der Waals surface area contributed by atoms with Gasteiger partial charge in [0.15, 0.2) is 6.10 Å². The summed E-state index contributed by atoms with van der Waals surface area (Å²) in [6.07, 6.45) is 51.4. The van der Waals surface area contributed by atoms with Crippen LogP contribution in [0, 0.1) is 0 Å². The summed E-state index contributed by atoms with van der Waals surface area (Å²) in [5.74, 6) is -1.24. The topological polar surface area (TPSA) is 78.9 Å². The summed E-state index contributed by atoms with van der Waals surface area (Å²) in [6.45, 7) is 6.01. The van der Waals surface area contributed by atoms with Crippen LogP contribution in [0.3, 0.4) is 0 Å². The number of hydrogen-bond acceptors (Lipinski definition) is 6. The molecule has 0 spiro atoms. The summed E-state index contributed by atoms with van der Waals surface area (Å²) in [5.41, 5.74) is 0. The van der Waals surface area contributed by atoms with Crippen LogP contribution in [-0.2, 0) is 28.6 Å². The lowest BCUT2D eigenvalue weighted by molar-refractivity contribution is -0.166. The molecule has 0 rings (SSSR count). The van der Waals surface area contributed by atoms with Crippen LogP contribution in [-0.4, -0.2) is 37.2 Å². The van der Waals surface area contributed by atoms with Crippen LogP contribution < -0.4 is 0 Å². The summed E-state index contributed by atoms with van der Waals surface area (Å²) in [5, 5.41) is 0. The average molecular weight is 705 g/mol. The van der Waals surface area contributed by atoms with Crippen LogP contribution in [0.2, 0.25) is 0 Å². The third kappa shape index (κ3) is 37.2. The quantitative estimate of drug-likeness (QED) is 0.0228. The number of hydrogen-bond donors (Lipinski definition) is 0. The SMILES string of the molecule is CC\C=C/C=C\C=C/CCCCCCCCCC(=O)OCC(COC(=O)C/C=C\C/C=C\C/C=C\CC)OC(=O)C/C=C\C/C=C\C/C=C\CC. The number of ether oxygens (including phenoxy) is 3. The lowest BCUT2D eigenvalue weighted by atomic mass is 10.1. The number of esters is 3. The Morgan fingerprint density at radius 3 is 1.41 bits per heavy atom. The van der Waals surface area contributed by atoms with Crippen LogP contribution in [0.15, 0.2) is 109 Å². The van der Waals surface area contributed by atoms with Crippen molar-refractivity contribution < 1.29 is 28.6 Å². The van der Waals surface area contributed by atoms with Gasteiger partial charge < -0.3 is 14.2 Å². The third-order valence-electron chi connectivity index (χ3n) is 7.38. The molecule has 0 aliphatic rings. The molecule has 284 valence electrons. The minimum atomic E-state index is -0.865. The summed E-state index contributed by atoms with van der Waals surface area (Å²) in [4.78, 5) is 37.3.